The summed E-state index contributed by atoms with van der Waals surface area (Å²) in [4.78, 5) is 0. The van der Waals surface area contributed by atoms with E-state index in [1.54, 1.807) is 0 Å². The quantitative estimate of drug-likeness (QED) is 0.839. The van der Waals surface area contributed by atoms with Crippen molar-refractivity contribution in [1.82, 2.24) is 0 Å². The molecule has 1 heterocycles. The Morgan fingerprint density at radius 3 is 1.64 bits per heavy atom. The van der Waals surface area contributed by atoms with Gasteiger partial charge in [-0.3, -0.25) is 0 Å². The second-order valence-corrected chi connectivity index (χ2v) is 6.05. The molecule has 134 valence electrons. The molecule has 0 radical (unpaired) electrons. The molecule has 2 aromatic rings. The molecule has 0 spiro atoms. The van der Waals surface area contributed by atoms with Crippen molar-refractivity contribution in [2.24, 2.45) is 0 Å². The zero-order valence-electron chi connectivity index (χ0n) is 14.6. The summed E-state index contributed by atoms with van der Waals surface area (Å²) in [5.41, 5.74) is 5.03. The van der Waals surface area contributed by atoms with Gasteiger partial charge in [-0.15, -0.1) is 0 Å². The summed E-state index contributed by atoms with van der Waals surface area (Å²) in [5.74, 6) is 0. The molecule has 4 nitrogen and oxygen atoms in total. The van der Waals surface area contributed by atoms with Crippen molar-refractivity contribution in [1.29, 1.82) is 0 Å². The largest absolute Gasteiger partial charge is 0.377 e. The summed E-state index contributed by atoms with van der Waals surface area (Å²) in [6.45, 7) is 4.73. The highest BCUT2D eigenvalue weighted by Gasteiger charge is 2.10. The summed E-state index contributed by atoms with van der Waals surface area (Å²) in [5, 5.41) is 0. The summed E-state index contributed by atoms with van der Waals surface area (Å²) in [6, 6.07) is 16.9. The third-order valence-corrected chi connectivity index (χ3v) is 4.22. The van der Waals surface area contributed by atoms with E-state index >= 15 is 0 Å². The van der Waals surface area contributed by atoms with Crippen LogP contribution in [0.2, 0.25) is 0 Å². The topological polar surface area (TPSA) is 36.9 Å². The lowest BCUT2D eigenvalue weighted by Gasteiger charge is -2.16. The molecule has 0 aliphatic carbocycles. The van der Waals surface area contributed by atoms with Crippen molar-refractivity contribution in [2.75, 3.05) is 39.6 Å². The van der Waals surface area contributed by atoms with E-state index < -0.39 is 0 Å². The van der Waals surface area contributed by atoms with Crippen LogP contribution in [0.3, 0.4) is 0 Å². The van der Waals surface area contributed by atoms with Crippen molar-refractivity contribution in [3.05, 3.63) is 70.8 Å². The fraction of sp³-hybridized carbons (Fsp3) is 0.429. The Morgan fingerprint density at radius 2 is 1.08 bits per heavy atom. The molecule has 25 heavy (non-hydrogen) atoms. The first-order valence-corrected chi connectivity index (χ1v) is 8.88. The van der Waals surface area contributed by atoms with E-state index in [1.807, 2.05) is 6.07 Å². The first-order chi connectivity index (χ1) is 12.4. The van der Waals surface area contributed by atoms with Crippen LogP contribution in [0, 0.1) is 0 Å². The summed E-state index contributed by atoms with van der Waals surface area (Å²) < 4.78 is 22.6. The molecule has 0 saturated carbocycles. The van der Waals surface area contributed by atoms with Gasteiger partial charge in [0, 0.05) is 0 Å². The minimum Gasteiger partial charge on any atom is -0.377 e. The number of ether oxygens (including phenoxy) is 4. The van der Waals surface area contributed by atoms with Crippen LogP contribution in [-0.4, -0.2) is 39.6 Å². The predicted molar refractivity (Wildman–Crippen MR) is 96.6 cm³/mol. The van der Waals surface area contributed by atoms with Crippen LogP contribution >= 0.6 is 0 Å². The van der Waals surface area contributed by atoms with E-state index in [0.717, 1.165) is 6.42 Å². The van der Waals surface area contributed by atoms with Gasteiger partial charge in [0.25, 0.3) is 0 Å². The molecule has 1 aliphatic rings. The summed E-state index contributed by atoms with van der Waals surface area (Å²) in [6.07, 6.45) is 0.881. The number of rotatable bonds is 2. The Kier molecular flexibility index (Phi) is 7.46. The summed E-state index contributed by atoms with van der Waals surface area (Å²) >= 11 is 0. The van der Waals surface area contributed by atoms with Crippen LogP contribution < -0.4 is 0 Å². The fourth-order valence-corrected chi connectivity index (χ4v) is 2.91. The highest BCUT2D eigenvalue weighted by Crippen LogP contribution is 2.21. The standard InChI is InChI=1S/C21H26O4/c1-2-5-18(6-3-1)15-21-19-7-4-8-20(21)17-25-14-12-23-10-9-22-11-13-24-16-19/h1-8H,9-17H2. The lowest BCUT2D eigenvalue weighted by Crippen LogP contribution is -2.11. The molecule has 0 aromatic heterocycles. The van der Waals surface area contributed by atoms with Gasteiger partial charge in [-0.25, -0.2) is 0 Å². The molecule has 4 heteroatoms. The van der Waals surface area contributed by atoms with Gasteiger partial charge in [-0.05, 0) is 28.7 Å². The molecule has 0 saturated heterocycles. The van der Waals surface area contributed by atoms with Crippen molar-refractivity contribution in [2.45, 2.75) is 19.6 Å². The zero-order valence-corrected chi connectivity index (χ0v) is 14.6. The van der Waals surface area contributed by atoms with E-state index in [9.17, 15) is 0 Å². The Hall–Kier alpha value is -1.72. The summed E-state index contributed by atoms with van der Waals surface area (Å²) in [7, 11) is 0. The molecular weight excluding hydrogens is 316 g/mol. The third kappa shape index (κ3) is 5.94. The Balaban J connectivity index is 1.78. The van der Waals surface area contributed by atoms with Gasteiger partial charge >= 0.3 is 0 Å². The fourth-order valence-electron chi connectivity index (χ4n) is 2.91. The maximum absolute atomic E-state index is 5.82. The minimum atomic E-state index is 0.589. The van der Waals surface area contributed by atoms with Gasteiger partial charge in [-0.2, -0.15) is 0 Å². The second kappa shape index (κ2) is 10.3. The van der Waals surface area contributed by atoms with Crippen LogP contribution in [-0.2, 0) is 38.6 Å². The van der Waals surface area contributed by atoms with Gasteiger partial charge in [-0.1, -0.05) is 48.5 Å². The van der Waals surface area contributed by atoms with Crippen LogP contribution in [0.15, 0.2) is 48.5 Å². The Labute approximate surface area is 149 Å². The molecule has 0 atom stereocenters. The van der Waals surface area contributed by atoms with Gasteiger partial charge in [0.15, 0.2) is 0 Å². The van der Waals surface area contributed by atoms with Crippen LogP contribution in [0.25, 0.3) is 0 Å². The highest BCUT2D eigenvalue weighted by molar-refractivity contribution is 5.38. The monoisotopic (exact) mass is 342 g/mol. The molecule has 0 fully saturated rings. The van der Waals surface area contributed by atoms with Gasteiger partial charge in [0.2, 0.25) is 0 Å². The zero-order chi connectivity index (χ0) is 17.2. The smallest absolute Gasteiger partial charge is 0.0720 e. The third-order valence-electron chi connectivity index (χ3n) is 4.22. The van der Waals surface area contributed by atoms with Crippen molar-refractivity contribution >= 4 is 0 Å². The maximum Gasteiger partial charge on any atom is 0.0720 e. The molecule has 1 aliphatic heterocycles. The van der Waals surface area contributed by atoms with Gasteiger partial charge in [0.1, 0.15) is 0 Å². The van der Waals surface area contributed by atoms with Crippen molar-refractivity contribution in [3.63, 3.8) is 0 Å². The average Bonchev–Trinajstić information content (AvgIpc) is 2.65. The number of hydrogen-bond acceptors (Lipinski definition) is 4. The van der Waals surface area contributed by atoms with E-state index in [2.05, 4.69) is 42.5 Å². The van der Waals surface area contributed by atoms with Gasteiger partial charge < -0.3 is 18.9 Å². The first kappa shape index (κ1) is 18.1. The van der Waals surface area contributed by atoms with E-state index in [0.29, 0.717) is 52.9 Å². The van der Waals surface area contributed by atoms with E-state index in [4.69, 9.17) is 18.9 Å². The SMILES string of the molecule is c1ccc(Cc2c3cccc2COCCOCCOCCOC3)cc1. The average molecular weight is 342 g/mol. The van der Waals surface area contributed by atoms with Crippen molar-refractivity contribution < 1.29 is 18.9 Å². The van der Waals surface area contributed by atoms with Crippen molar-refractivity contribution in [3.8, 4) is 0 Å². The normalized spacial score (nSPS) is 17.4. The molecule has 0 amide bonds. The van der Waals surface area contributed by atoms with Crippen LogP contribution in [0.4, 0.5) is 0 Å². The molecule has 2 aromatic carbocycles. The van der Waals surface area contributed by atoms with E-state index in [1.165, 1.54) is 22.3 Å². The highest BCUT2D eigenvalue weighted by atomic mass is 16.6. The number of benzene rings is 2. The Bertz CT molecular complexity index is 595. The molecule has 3 rings (SSSR count). The van der Waals surface area contributed by atoms with Crippen LogP contribution in [0.1, 0.15) is 22.3 Å². The molecule has 0 N–H and O–H groups in total. The second-order valence-electron chi connectivity index (χ2n) is 6.05. The lowest BCUT2D eigenvalue weighted by atomic mass is 9.95. The molecule has 2 bridgehead atoms. The molecular formula is C21H26O4. The number of fused-ring (bicyclic) bond motifs is 2. The Morgan fingerprint density at radius 1 is 0.560 bits per heavy atom. The molecule has 0 unspecified atom stereocenters. The maximum atomic E-state index is 5.82. The predicted octanol–water partition coefficient (Wildman–Crippen LogP) is 3.36. The van der Waals surface area contributed by atoms with E-state index in [-0.39, 0.29) is 0 Å². The number of hydrogen-bond donors (Lipinski definition) is 0. The first-order valence-electron chi connectivity index (χ1n) is 8.88. The lowest BCUT2D eigenvalue weighted by molar-refractivity contribution is -0.00523. The minimum absolute atomic E-state index is 0.589. The van der Waals surface area contributed by atoms with Crippen LogP contribution in [0.5, 0.6) is 0 Å². The van der Waals surface area contributed by atoms with Gasteiger partial charge in [0.05, 0.1) is 52.9 Å².